The first-order valence-electron chi connectivity index (χ1n) is 4.73. The molecule has 0 aliphatic rings. The van der Waals surface area contributed by atoms with Crippen molar-refractivity contribution in [3.8, 4) is 0 Å². The van der Waals surface area contributed by atoms with Gasteiger partial charge in [0.05, 0.1) is 0 Å². The van der Waals surface area contributed by atoms with Gasteiger partial charge in [-0.1, -0.05) is 0 Å². The van der Waals surface area contributed by atoms with Gasteiger partial charge in [-0.2, -0.15) is 0 Å². The maximum Gasteiger partial charge on any atom is 0.224 e. The Morgan fingerprint density at radius 1 is 1.43 bits per heavy atom. The number of aryl methyl sites for hydroxylation is 1. The molecule has 0 spiro atoms. The molecule has 0 aromatic carbocycles. The highest BCUT2D eigenvalue weighted by Crippen LogP contribution is 2.07. The molecule has 4 heteroatoms. The van der Waals surface area contributed by atoms with Crippen molar-refractivity contribution in [1.82, 2.24) is 9.97 Å². The summed E-state index contributed by atoms with van der Waals surface area (Å²) >= 11 is 5.87. The van der Waals surface area contributed by atoms with Gasteiger partial charge in [0.15, 0.2) is 0 Å². The van der Waals surface area contributed by atoms with Crippen molar-refractivity contribution in [3.63, 3.8) is 0 Å². The van der Waals surface area contributed by atoms with Crippen LogP contribution >= 0.6 is 11.6 Å². The van der Waals surface area contributed by atoms with E-state index in [-0.39, 0.29) is 5.38 Å². The molecule has 0 fully saturated rings. The molecule has 0 radical (unpaired) electrons. The Hall–Kier alpha value is -0.830. The summed E-state index contributed by atoms with van der Waals surface area (Å²) in [6.07, 6.45) is 4.58. The Labute approximate surface area is 90.1 Å². The zero-order valence-electron chi connectivity index (χ0n) is 8.87. The molecular formula is C10H16ClN3. The van der Waals surface area contributed by atoms with Gasteiger partial charge in [-0.15, -0.1) is 11.6 Å². The fraction of sp³-hybridized carbons (Fsp3) is 0.600. The summed E-state index contributed by atoms with van der Waals surface area (Å²) < 4.78 is 0. The molecular weight excluding hydrogens is 198 g/mol. The fourth-order valence-corrected chi connectivity index (χ4v) is 1.15. The van der Waals surface area contributed by atoms with Crippen LogP contribution in [0.2, 0.25) is 0 Å². The topological polar surface area (TPSA) is 29.0 Å². The average molecular weight is 214 g/mol. The van der Waals surface area contributed by atoms with E-state index in [9.17, 15) is 0 Å². The van der Waals surface area contributed by atoms with Crippen molar-refractivity contribution in [3.05, 3.63) is 18.0 Å². The number of nitrogens with zero attached hydrogens (tertiary/aromatic N) is 3. The molecule has 0 N–H and O–H groups in total. The molecule has 1 aromatic heterocycles. The standard InChI is InChI=1S/C10H16ClN3/c1-8-6-12-10(13-7-8)14(3)5-4-9(2)11/h6-7,9H,4-5H2,1-3H3. The molecule has 1 aromatic rings. The Kier molecular flexibility index (Phi) is 4.14. The van der Waals surface area contributed by atoms with Crippen LogP contribution in [-0.4, -0.2) is 28.9 Å². The van der Waals surface area contributed by atoms with Crippen molar-refractivity contribution < 1.29 is 0 Å². The van der Waals surface area contributed by atoms with Gasteiger partial charge in [0, 0.05) is 31.4 Å². The maximum atomic E-state index is 5.87. The van der Waals surface area contributed by atoms with Gasteiger partial charge in [0.25, 0.3) is 0 Å². The van der Waals surface area contributed by atoms with Crippen LogP contribution in [0.15, 0.2) is 12.4 Å². The van der Waals surface area contributed by atoms with E-state index in [1.165, 1.54) is 0 Å². The van der Waals surface area contributed by atoms with E-state index in [1.54, 1.807) is 0 Å². The number of anilines is 1. The number of rotatable bonds is 4. The van der Waals surface area contributed by atoms with E-state index in [2.05, 4.69) is 9.97 Å². The smallest absolute Gasteiger partial charge is 0.224 e. The Morgan fingerprint density at radius 3 is 2.50 bits per heavy atom. The van der Waals surface area contributed by atoms with Crippen molar-refractivity contribution in [2.24, 2.45) is 0 Å². The van der Waals surface area contributed by atoms with Gasteiger partial charge in [0.2, 0.25) is 5.95 Å². The highest BCUT2D eigenvalue weighted by Gasteiger charge is 2.04. The van der Waals surface area contributed by atoms with Gasteiger partial charge in [-0.05, 0) is 25.8 Å². The first kappa shape index (κ1) is 11.2. The van der Waals surface area contributed by atoms with Crippen molar-refractivity contribution >= 4 is 17.5 Å². The maximum absolute atomic E-state index is 5.87. The summed E-state index contributed by atoms with van der Waals surface area (Å²) in [5.41, 5.74) is 1.08. The molecule has 1 heterocycles. The van der Waals surface area contributed by atoms with Gasteiger partial charge in [-0.25, -0.2) is 9.97 Å². The molecule has 78 valence electrons. The lowest BCUT2D eigenvalue weighted by atomic mass is 10.3. The molecule has 0 amide bonds. The van der Waals surface area contributed by atoms with Crippen LogP contribution in [0.25, 0.3) is 0 Å². The van der Waals surface area contributed by atoms with E-state index in [0.717, 1.165) is 24.5 Å². The van der Waals surface area contributed by atoms with Crippen LogP contribution in [0.5, 0.6) is 0 Å². The van der Waals surface area contributed by atoms with Crippen LogP contribution in [0.1, 0.15) is 18.9 Å². The average Bonchev–Trinajstić information content (AvgIpc) is 2.15. The Balaban J connectivity index is 2.52. The summed E-state index contributed by atoms with van der Waals surface area (Å²) in [4.78, 5) is 10.5. The third-order valence-corrected chi connectivity index (χ3v) is 2.19. The van der Waals surface area contributed by atoms with E-state index in [0.29, 0.717) is 0 Å². The van der Waals surface area contributed by atoms with Gasteiger partial charge in [-0.3, -0.25) is 0 Å². The van der Waals surface area contributed by atoms with Crippen LogP contribution < -0.4 is 4.90 Å². The summed E-state index contributed by atoms with van der Waals surface area (Å²) in [6.45, 7) is 4.85. The van der Waals surface area contributed by atoms with Crippen LogP contribution in [0, 0.1) is 6.92 Å². The summed E-state index contributed by atoms with van der Waals surface area (Å²) in [5.74, 6) is 0.757. The number of hydrogen-bond donors (Lipinski definition) is 0. The molecule has 14 heavy (non-hydrogen) atoms. The molecule has 3 nitrogen and oxygen atoms in total. The molecule has 0 aliphatic heterocycles. The van der Waals surface area contributed by atoms with E-state index >= 15 is 0 Å². The number of halogens is 1. The SMILES string of the molecule is Cc1cnc(N(C)CCC(C)Cl)nc1. The highest BCUT2D eigenvalue weighted by atomic mass is 35.5. The number of aromatic nitrogens is 2. The minimum Gasteiger partial charge on any atom is -0.344 e. The minimum absolute atomic E-state index is 0.197. The molecule has 0 saturated carbocycles. The number of alkyl halides is 1. The quantitative estimate of drug-likeness (QED) is 0.719. The zero-order valence-corrected chi connectivity index (χ0v) is 9.62. The predicted molar refractivity (Wildman–Crippen MR) is 60.0 cm³/mol. The molecule has 0 saturated heterocycles. The largest absolute Gasteiger partial charge is 0.344 e. The zero-order chi connectivity index (χ0) is 10.6. The van der Waals surface area contributed by atoms with Gasteiger partial charge >= 0.3 is 0 Å². The van der Waals surface area contributed by atoms with E-state index < -0.39 is 0 Å². The van der Waals surface area contributed by atoms with Crippen molar-refractivity contribution in [2.45, 2.75) is 25.6 Å². The minimum atomic E-state index is 0.197. The lowest BCUT2D eigenvalue weighted by Crippen LogP contribution is -2.22. The lowest BCUT2D eigenvalue weighted by Gasteiger charge is -2.17. The van der Waals surface area contributed by atoms with E-state index in [4.69, 9.17) is 11.6 Å². The monoisotopic (exact) mass is 213 g/mol. The van der Waals surface area contributed by atoms with Crippen molar-refractivity contribution in [1.29, 1.82) is 0 Å². The normalized spacial score (nSPS) is 12.6. The molecule has 1 unspecified atom stereocenters. The first-order valence-corrected chi connectivity index (χ1v) is 5.17. The van der Waals surface area contributed by atoms with Gasteiger partial charge in [0.1, 0.15) is 0 Å². The Bertz CT molecular complexity index is 271. The van der Waals surface area contributed by atoms with Crippen molar-refractivity contribution in [2.75, 3.05) is 18.5 Å². The highest BCUT2D eigenvalue weighted by molar-refractivity contribution is 6.20. The third kappa shape index (κ3) is 3.50. The second kappa shape index (κ2) is 5.15. The third-order valence-electron chi connectivity index (χ3n) is 1.97. The Morgan fingerprint density at radius 2 is 2.00 bits per heavy atom. The van der Waals surface area contributed by atoms with Crippen LogP contribution in [0.4, 0.5) is 5.95 Å². The summed E-state index contributed by atoms with van der Waals surface area (Å²) in [5, 5.41) is 0.197. The molecule has 1 atom stereocenters. The fourth-order valence-electron chi connectivity index (χ4n) is 1.05. The van der Waals surface area contributed by atoms with Crippen LogP contribution in [-0.2, 0) is 0 Å². The molecule has 1 rings (SSSR count). The second-order valence-corrected chi connectivity index (χ2v) is 4.30. The molecule has 0 bridgehead atoms. The number of hydrogen-bond acceptors (Lipinski definition) is 3. The second-order valence-electron chi connectivity index (χ2n) is 3.55. The van der Waals surface area contributed by atoms with Crippen LogP contribution in [0.3, 0.4) is 0 Å². The predicted octanol–water partition coefficient (Wildman–Crippen LogP) is 2.24. The van der Waals surface area contributed by atoms with Gasteiger partial charge < -0.3 is 4.90 Å². The van der Waals surface area contributed by atoms with E-state index in [1.807, 2.05) is 38.2 Å². The lowest BCUT2D eigenvalue weighted by molar-refractivity contribution is 0.755. The summed E-state index contributed by atoms with van der Waals surface area (Å²) in [7, 11) is 1.98. The summed E-state index contributed by atoms with van der Waals surface area (Å²) in [6, 6.07) is 0. The first-order chi connectivity index (χ1) is 6.59. The molecule has 0 aliphatic carbocycles.